The van der Waals surface area contributed by atoms with Crippen LogP contribution < -0.4 is 0 Å². The SMILES string of the molecule is C=C/C=C(/Cl)C=N. The van der Waals surface area contributed by atoms with Crippen LogP contribution in [-0.4, -0.2) is 6.21 Å². The number of allylic oxidation sites excluding steroid dienone is 3. The monoisotopic (exact) mass is 115 g/mol. The molecule has 1 nitrogen and oxygen atoms in total. The van der Waals surface area contributed by atoms with E-state index in [0.29, 0.717) is 5.03 Å². The van der Waals surface area contributed by atoms with Crippen molar-refractivity contribution in [2.45, 2.75) is 0 Å². The average Bonchev–Trinajstić information content (AvgIpc) is 1.68. The van der Waals surface area contributed by atoms with E-state index in [9.17, 15) is 0 Å². The van der Waals surface area contributed by atoms with Crippen molar-refractivity contribution in [3.63, 3.8) is 0 Å². The highest BCUT2D eigenvalue weighted by atomic mass is 35.5. The van der Waals surface area contributed by atoms with Gasteiger partial charge in [0, 0.05) is 6.21 Å². The van der Waals surface area contributed by atoms with E-state index in [-0.39, 0.29) is 0 Å². The van der Waals surface area contributed by atoms with Crippen LogP contribution in [0, 0.1) is 5.41 Å². The lowest BCUT2D eigenvalue weighted by molar-refractivity contribution is 1.57. The van der Waals surface area contributed by atoms with Crippen molar-refractivity contribution in [3.8, 4) is 0 Å². The van der Waals surface area contributed by atoms with Gasteiger partial charge in [0.05, 0.1) is 5.03 Å². The summed E-state index contributed by atoms with van der Waals surface area (Å²) in [6, 6.07) is 0. The van der Waals surface area contributed by atoms with Gasteiger partial charge < -0.3 is 5.41 Å². The summed E-state index contributed by atoms with van der Waals surface area (Å²) in [5.41, 5.74) is 0. The minimum absolute atomic E-state index is 0.398. The molecule has 2 heteroatoms. The lowest BCUT2D eigenvalue weighted by Crippen LogP contribution is -1.64. The Morgan fingerprint density at radius 1 is 1.71 bits per heavy atom. The predicted molar refractivity (Wildman–Crippen MR) is 32.9 cm³/mol. The smallest absolute Gasteiger partial charge is 0.0581 e. The molecular weight excluding hydrogens is 110 g/mol. The maximum absolute atomic E-state index is 6.54. The topological polar surface area (TPSA) is 23.9 Å². The summed E-state index contributed by atoms with van der Waals surface area (Å²) in [5, 5.41) is 6.94. The van der Waals surface area contributed by atoms with Crippen molar-refractivity contribution >= 4 is 17.8 Å². The van der Waals surface area contributed by atoms with E-state index in [1.807, 2.05) is 0 Å². The molecule has 0 spiro atoms. The zero-order valence-electron chi connectivity index (χ0n) is 3.82. The van der Waals surface area contributed by atoms with Crippen molar-refractivity contribution in [1.29, 1.82) is 5.41 Å². The maximum Gasteiger partial charge on any atom is 0.0581 e. The van der Waals surface area contributed by atoms with Crippen molar-refractivity contribution in [2.24, 2.45) is 0 Å². The van der Waals surface area contributed by atoms with Gasteiger partial charge >= 0.3 is 0 Å². The Labute approximate surface area is 47.8 Å². The molecule has 0 saturated carbocycles. The summed E-state index contributed by atoms with van der Waals surface area (Å²) >= 11 is 5.31. The van der Waals surface area contributed by atoms with Crippen LogP contribution >= 0.6 is 11.6 Å². The molecule has 38 valence electrons. The first-order valence-corrected chi connectivity index (χ1v) is 2.17. The van der Waals surface area contributed by atoms with Gasteiger partial charge in [-0.25, -0.2) is 0 Å². The van der Waals surface area contributed by atoms with Crippen LogP contribution in [0.4, 0.5) is 0 Å². The molecule has 0 fully saturated rings. The Bertz CT molecular complexity index is 105. The third kappa shape index (κ3) is 3.27. The second-order valence-corrected chi connectivity index (χ2v) is 1.37. The Balaban J connectivity index is 3.72. The number of hydrogen-bond donors (Lipinski definition) is 1. The zero-order chi connectivity index (χ0) is 5.70. The molecule has 0 aromatic rings. The first-order chi connectivity index (χ1) is 3.31. The highest BCUT2D eigenvalue weighted by Crippen LogP contribution is 1.93. The van der Waals surface area contributed by atoms with E-state index in [1.165, 1.54) is 6.08 Å². The second kappa shape index (κ2) is 3.62. The Morgan fingerprint density at radius 3 is 2.43 bits per heavy atom. The quantitative estimate of drug-likeness (QED) is 0.420. The average molecular weight is 116 g/mol. The molecule has 0 radical (unpaired) electrons. The molecule has 7 heavy (non-hydrogen) atoms. The van der Waals surface area contributed by atoms with E-state index in [1.54, 1.807) is 6.08 Å². The van der Waals surface area contributed by atoms with E-state index in [0.717, 1.165) is 6.21 Å². The largest absolute Gasteiger partial charge is 0.307 e. The van der Waals surface area contributed by atoms with Gasteiger partial charge in [0.2, 0.25) is 0 Å². The van der Waals surface area contributed by atoms with Crippen molar-refractivity contribution < 1.29 is 0 Å². The lowest BCUT2D eigenvalue weighted by atomic mass is 10.5. The van der Waals surface area contributed by atoms with E-state index < -0.39 is 0 Å². The zero-order valence-corrected chi connectivity index (χ0v) is 4.57. The molecule has 0 aliphatic heterocycles. The van der Waals surface area contributed by atoms with Crippen LogP contribution in [0.25, 0.3) is 0 Å². The van der Waals surface area contributed by atoms with Crippen molar-refractivity contribution in [2.75, 3.05) is 0 Å². The van der Waals surface area contributed by atoms with Gasteiger partial charge in [-0.2, -0.15) is 0 Å². The Morgan fingerprint density at radius 2 is 2.29 bits per heavy atom. The lowest BCUT2D eigenvalue weighted by Gasteiger charge is -1.75. The van der Waals surface area contributed by atoms with Crippen molar-refractivity contribution in [3.05, 3.63) is 23.8 Å². The summed E-state index contributed by atoms with van der Waals surface area (Å²) in [4.78, 5) is 0. The van der Waals surface area contributed by atoms with Crippen LogP contribution in [0.5, 0.6) is 0 Å². The van der Waals surface area contributed by atoms with Crippen LogP contribution in [0.1, 0.15) is 0 Å². The molecule has 0 aromatic heterocycles. The summed E-state index contributed by atoms with van der Waals surface area (Å²) in [5.74, 6) is 0. The maximum atomic E-state index is 6.54. The molecule has 0 bridgehead atoms. The van der Waals surface area contributed by atoms with Gasteiger partial charge in [-0.1, -0.05) is 24.3 Å². The minimum Gasteiger partial charge on any atom is -0.307 e. The van der Waals surface area contributed by atoms with Crippen LogP contribution in [-0.2, 0) is 0 Å². The first kappa shape index (κ1) is 6.44. The highest BCUT2D eigenvalue weighted by Gasteiger charge is 1.74. The number of nitrogens with one attached hydrogen (secondary N) is 1. The third-order valence-electron chi connectivity index (χ3n) is 0.415. The summed E-state index contributed by atoms with van der Waals surface area (Å²) < 4.78 is 0. The van der Waals surface area contributed by atoms with E-state index in [4.69, 9.17) is 17.0 Å². The fraction of sp³-hybridized carbons (Fsp3) is 0. The molecular formula is C5H6ClN. The minimum atomic E-state index is 0.398. The molecule has 0 atom stereocenters. The van der Waals surface area contributed by atoms with Gasteiger partial charge in [0.1, 0.15) is 0 Å². The van der Waals surface area contributed by atoms with E-state index in [2.05, 4.69) is 6.58 Å². The van der Waals surface area contributed by atoms with Crippen LogP contribution in [0.2, 0.25) is 0 Å². The Hall–Kier alpha value is -0.560. The molecule has 0 aliphatic carbocycles. The van der Waals surface area contributed by atoms with Gasteiger partial charge in [0.15, 0.2) is 0 Å². The van der Waals surface area contributed by atoms with Crippen LogP contribution in [0.3, 0.4) is 0 Å². The van der Waals surface area contributed by atoms with E-state index >= 15 is 0 Å². The first-order valence-electron chi connectivity index (χ1n) is 1.80. The van der Waals surface area contributed by atoms with Gasteiger partial charge in [-0.05, 0) is 6.08 Å². The van der Waals surface area contributed by atoms with Gasteiger partial charge in [0.25, 0.3) is 0 Å². The molecule has 0 amide bonds. The number of halogens is 1. The molecule has 0 aromatic carbocycles. The Kier molecular flexibility index (Phi) is 3.33. The summed E-state index contributed by atoms with van der Waals surface area (Å²) in [6.07, 6.45) is 4.14. The third-order valence-corrected chi connectivity index (χ3v) is 0.650. The standard InChI is InChI=1S/C5H6ClN/c1-2-3-5(6)4-7/h2-4,7H,1H2/b5-3+,7-4?. The summed E-state index contributed by atoms with van der Waals surface area (Å²) in [6.45, 7) is 3.38. The molecule has 0 heterocycles. The van der Waals surface area contributed by atoms with Gasteiger partial charge in [-0.15, -0.1) is 0 Å². The number of hydrogen-bond acceptors (Lipinski definition) is 1. The highest BCUT2D eigenvalue weighted by molar-refractivity contribution is 6.39. The molecule has 1 N–H and O–H groups in total. The molecule has 0 rings (SSSR count). The fourth-order valence-electron chi connectivity index (χ4n) is 0.161. The predicted octanol–water partition coefficient (Wildman–Crippen LogP) is 1.94. The molecule has 0 saturated heterocycles. The molecule has 0 unspecified atom stereocenters. The van der Waals surface area contributed by atoms with Crippen molar-refractivity contribution in [1.82, 2.24) is 0 Å². The van der Waals surface area contributed by atoms with Crippen LogP contribution in [0.15, 0.2) is 23.8 Å². The second-order valence-electron chi connectivity index (χ2n) is 0.932. The normalized spacial score (nSPS) is 10.7. The van der Waals surface area contributed by atoms with Gasteiger partial charge in [-0.3, -0.25) is 0 Å². The fourth-order valence-corrected chi connectivity index (χ4v) is 0.250. The number of rotatable bonds is 2. The molecule has 0 aliphatic rings. The summed E-state index contributed by atoms with van der Waals surface area (Å²) in [7, 11) is 0.